The predicted molar refractivity (Wildman–Crippen MR) is 62.2 cm³/mol. The van der Waals surface area contributed by atoms with E-state index >= 15 is 0 Å². The Morgan fingerprint density at radius 3 is 2.50 bits per heavy atom. The summed E-state index contributed by atoms with van der Waals surface area (Å²) >= 11 is 0. The molecule has 0 saturated heterocycles. The third-order valence-electron chi connectivity index (χ3n) is 1.95. The van der Waals surface area contributed by atoms with Crippen molar-refractivity contribution in [1.29, 1.82) is 0 Å². The number of nitrogen functional groups attached to an aromatic ring is 1. The van der Waals surface area contributed by atoms with Crippen LogP contribution in [0, 0.1) is 6.92 Å². The summed E-state index contributed by atoms with van der Waals surface area (Å²) in [4.78, 5) is 4.35. The van der Waals surface area contributed by atoms with Crippen LogP contribution in [0.5, 0.6) is 0 Å². The molecule has 0 spiro atoms. The first-order valence-electron chi connectivity index (χ1n) is 4.89. The van der Waals surface area contributed by atoms with Crippen LogP contribution >= 0.6 is 0 Å². The summed E-state index contributed by atoms with van der Waals surface area (Å²) in [5.41, 5.74) is 8.38. The third-order valence-corrected chi connectivity index (χ3v) is 1.95. The van der Waals surface area contributed by atoms with E-state index in [0.29, 0.717) is 0 Å². The first kappa shape index (κ1) is 10.5. The highest BCUT2D eigenvalue weighted by Crippen LogP contribution is 2.16. The van der Waals surface area contributed by atoms with Gasteiger partial charge in [-0.05, 0) is 19.1 Å². The lowest BCUT2D eigenvalue weighted by atomic mass is 10.2. The molecule has 0 aliphatic heterocycles. The molecular weight excluding hydrogens is 172 g/mol. The van der Waals surface area contributed by atoms with Gasteiger partial charge in [0, 0.05) is 5.39 Å². The van der Waals surface area contributed by atoms with Crippen molar-refractivity contribution in [3.63, 3.8) is 0 Å². The Labute approximate surface area is 84.8 Å². The molecule has 0 bridgehead atoms. The molecule has 1 aromatic heterocycles. The number of hydrogen-bond donors (Lipinski definition) is 1. The van der Waals surface area contributed by atoms with Crippen LogP contribution in [0.1, 0.15) is 19.5 Å². The van der Waals surface area contributed by atoms with Crippen molar-refractivity contribution < 1.29 is 0 Å². The highest BCUT2D eigenvalue weighted by molar-refractivity contribution is 5.81. The largest absolute Gasteiger partial charge is 0.397 e. The molecule has 0 aliphatic carbocycles. The lowest BCUT2D eigenvalue weighted by Crippen LogP contribution is -1.92. The number of aryl methyl sites for hydroxylation is 1. The van der Waals surface area contributed by atoms with E-state index in [1.165, 1.54) is 0 Å². The topological polar surface area (TPSA) is 38.9 Å². The second-order valence-electron chi connectivity index (χ2n) is 2.86. The van der Waals surface area contributed by atoms with Crippen LogP contribution in [0.4, 0.5) is 5.69 Å². The van der Waals surface area contributed by atoms with E-state index in [2.05, 4.69) is 4.98 Å². The Kier molecular flexibility index (Phi) is 3.46. The maximum absolute atomic E-state index is 5.72. The fourth-order valence-electron chi connectivity index (χ4n) is 1.23. The number of pyridine rings is 1. The molecule has 0 atom stereocenters. The SMILES string of the molecule is CC.Cc1nc2ccccc2cc1N. The molecule has 0 unspecified atom stereocenters. The summed E-state index contributed by atoms with van der Waals surface area (Å²) in [7, 11) is 0. The van der Waals surface area contributed by atoms with Gasteiger partial charge < -0.3 is 5.73 Å². The summed E-state index contributed by atoms with van der Waals surface area (Å²) in [6.07, 6.45) is 0. The molecule has 0 aliphatic rings. The number of hydrogen-bond acceptors (Lipinski definition) is 2. The van der Waals surface area contributed by atoms with Crippen molar-refractivity contribution in [2.75, 3.05) is 5.73 Å². The van der Waals surface area contributed by atoms with Crippen molar-refractivity contribution in [2.24, 2.45) is 0 Å². The predicted octanol–water partition coefficient (Wildman–Crippen LogP) is 3.15. The summed E-state index contributed by atoms with van der Waals surface area (Å²) in [5, 5.41) is 1.10. The van der Waals surface area contributed by atoms with Crippen LogP contribution < -0.4 is 5.73 Å². The van der Waals surface area contributed by atoms with Crippen molar-refractivity contribution in [1.82, 2.24) is 4.98 Å². The zero-order chi connectivity index (χ0) is 10.6. The second kappa shape index (κ2) is 4.61. The quantitative estimate of drug-likeness (QED) is 0.689. The molecule has 0 saturated carbocycles. The lowest BCUT2D eigenvalue weighted by molar-refractivity contribution is 1.26. The molecule has 2 nitrogen and oxygen atoms in total. The van der Waals surface area contributed by atoms with E-state index in [1.54, 1.807) is 0 Å². The molecule has 0 fully saturated rings. The Hall–Kier alpha value is -1.57. The number of benzene rings is 1. The van der Waals surface area contributed by atoms with Crippen molar-refractivity contribution in [3.05, 3.63) is 36.0 Å². The normalized spacial score (nSPS) is 9.36. The molecular formula is C12H16N2. The summed E-state index contributed by atoms with van der Waals surface area (Å²) in [5.74, 6) is 0. The molecule has 14 heavy (non-hydrogen) atoms. The average molecular weight is 188 g/mol. The summed E-state index contributed by atoms with van der Waals surface area (Å²) < 4.78 is 0. The fraction of sp³-hybridized carbons (Fsp3) is 0.250. The minimum absolute atomic E-state index is 0.758. The molecule has 2 heteroatoms. The van der Waals surface area contributed by atoms with Gasteiger partial charge in [0.25, 0.3) is 0 Å². The Balaban J connectivity index is 0.000000461. The molecule has 2 aromatic rings. The Bertz CT molecular complexity index is 381. The van der Waals surface area contributed by atoms with E-state index in [0.717, 1.165) is 22.3 Å². The smallest absolute Gasteiger partial charge is 0.0706 e. The molecule has 1 heterocycles. The van der Waals surface area contributed by atoms with Crippen LogP contribution in [0.3, 0.4) is 0 Å². The average Bonchev–Trinajstić information content (AvgIpc) is 2.23. The van der Waals surface area contributed by atoms with Gasteiger partial charge in [-0.1, -0.05) is 32.0 Å². The van der Waals surface area contributed by atoms with Crippen LogP contribution in [0.2, 0.25) is 0 Å². The van der Waals surface area contributed by atoms with Gasteiger partial charge >= 0.3 is 0 Å². The summed E-state index contributed by atoms with van der Waals surface area (Å²) in [6.45, 7) is 5.92. The van der Waals surface area contributed by atoms with E-state index < -0.39 is 0 Å². The van der Waals surface area contributed by atoms with Crippen LogP contribution in [-0.4, -0.2) is 4.98 Å². The van der Waals surface area contributed by atoms with E-state index in [4.69, 9.17) is 5.73 Å². The van der Waals surface area contributed by atoms with E-state index in [1.807, 2.05) is 51.1 Å². The van der Waals surface area contributed by atoms with Crippen molar-refractivity contribution >= 4 is 16.6 Å². The van der Waals surface area contributed by atoms with Crippen LogP contribution in [-0.2, 0) is 0 Å². The zero-order valence-electron chi connectivity index (χ0n) is 8.91. The number of para-hydroxylation sites is 1. The van der Waals surface area contributed by atoms with E-state index in [9.17, 15) is 0 Å². The first-order valence-corrected chi connectivity index (χ1v) is 4.89. The standard InChI is InChI=1S/C10H10N2.C2H6/c1-7-9(11)6-8-4-2-3-5-10(8)12-7;1-2/h2-6H,11H2,1H3;1-2H3. The number of rotatable bonds is 0. The molecule has 0 radical (unpaired) electrons. The number of nitrogens with zero attached hydrogens (tertiary/aromatic N) is 1. The monoisotopic (exact) mass is 188 g/mol. The molecule has 1 aromatic carbocycles. The van der Waals surface area contributed by atoms with Gasteiger partial charge in [0.1, 0.15) is 0 Å². The van der Waals surface area contributed by atoms with Gasteiger partial charge in [-0.25, -0.2) is 0 Å². The first-order chi connectivity index (χ1) is 6.77. The highest BCUT2D eigenvalue weighted by atomic mass is 14.7. The second-order valence-corrected chi connectivity index (χ2v) is 2.86. The minimum Gasteiger partial charge on any atom is -0.397 e. The summed E-state index contributed by atoms with van der Waals surface area (Å²) in [6, 6.07) is 9.92. The number of aromatic nitrogens is 1. The molecule has 2 N–H and O–H groups in total. The molecule has 0 amide bonds. The van der Waals surface area contributed by atoms with Gasteiger partial charge in [0.05, 0.1) is 16.9 Å². The maximum atomic E-state index is 5.72. The molecule has 74 valence electrons. The fourth-order valence-corrected chi connectivity index (χ4v) is 1.23. The van der Waals surface area contributed by atoms with Gasteiger partial charge in [-0.15, -0.1) is 0 Å². The van der Waals surface area contributed by atoms with Gasteiger partial charge in [-0.2, -0.15) is 0 Å². The van der Waals surface area contributed by atoms with Gasteiger partial charge in [0.2, 0.25) is 0 Å². The molecule has 2 rings (SSSR count). The Morgan fingerprint density at radius 2 is 1.79 bits per heavy atom. The zero-order valence-corrected chi connectivity index (χ0v) is 8.91. The van der Waals surface area contributed by atoms with Gasteiger partial charge in [0.15, 0.2) is 0 Å². The van der Waals surface area contributed by atoms with E-state index in [-0.39, 0.29) is 0 Å². The lowest BCUT2D eigenvalue weighted by Gasteiger charge is -2.01. The van der Waals surface area contributed by atoms with Crippen LogP contribution in [0.25, 0.3) is 10.9 Å². The number of anilines is 1. The third kappa shape index (κ3) is 2.02. The maximum Gasteiger partial charge on any atom is 0.0706 e. The Morgan fingerprint density at radius 1 is 1.14 bits per heavy atom. The van der Waals surface area contributed by atoms with Crippen molar-refractivity contribution in [2.45, 2.75) is 20.8 Å². The van der Waals surface area contributed by atoms with Crippen LogP contribution in [0.15, 0.2) is 30.3 Å². The van der Waals surface area contributed by atoms with Gasteiger partial charge in [-0.3, -0.25) is 4.98 Å². The minimum atomic E-state index is 0.758. The number of nitrogens with two attached hydrogens (primary N) is 1. The highest BCUT2D eigenvalue weighted by Gasteiger charge is 1.97. The number of fused-ring (bicyclic) bond motifs is 1. The van der Waals surface area contributed by atoms with Crippen molar-refractivity contribution in [3.8, 4) is 0 Å².